The molecule has 4 rings (SSSR count). The highest BCUT2D eigenvalue weighted by molar-refractivity contribution is 8.01. The minimum absolute atomic E-state index is 0.0262. The SMILES string of the molecule is O=C(CSc1nc2ccccc2s1)Nc1ccc(-c2ccccc2)cc1. The summed E-state index contributed by atoms with van der Waals surface area (Å²) < 4.78 is 2.06. The highest BCUT2D eigenvalue weighted by Crippen LogP contribution is 2.29. The fraction of sp³-hybridized carbons (Fsp3) is 0.0476. The van der Waals surface area contributed by atoms with E-state index in [9.17, 15) is 4.79 Å². The molecule has 0 atom stereocenters. The van der Waals surface area contributed by atoms with E-state index < -0.39 is 0 Å². The highest BCUT2D eigenvalue weighted by atomic mass is 32.2. The van der Waals surface area contributed by atoms with Crippen LogP contribution in [0.5, 0.6) is 0 Å². The summed E-state index contributed by atoms with van der Waals surface area (Å²) in [5, 5.41) is 2.94. The number of thioether (sulfide) groups is 1. The number of amides is 1. The van der Waals surface area contributed by atoms with E-state index in [4.69, 9.17) is 0 Å². The number of hydrogen-bond donors (Lipinski definition) is 1. The number of benzene rings is 3. The van der Waals surface area contributed by atoms with Gasteiger partial charge in [0, 0.05) is 5.69 Å². The van der Waals surface area contributed by atoms with Crippen LogP contribution in [0.25, 0.3) is 21.3 Å². The normalized spacial score (nSPS) is 10.8. The molecule has 128 valence electrons. The van der Waals surface area contributed by atoms with Crippen molar-refractivity contribution in [3.8, 4) is 11.1 Å². The van der Waals surface area contributed by atoms with Gasteiger partial charge in [-0.3, -0.25) is 4.79 Å². The molecular weight excluding hydrogens is 360 g/mol. The lowest BCUT2D eigenvalue weighted by atomic mass is 10.1. The van der Waals surface area contributed by atoms with Crippen LogP contribution in [0.2, 0.25) is 0 Å². The van der Waals surface area contributed by atoms with E-state index in [0.717, 1.165) is 31.4 Å². The standard InChI is InChI=1S/C21H16N2OS2/c24-20(14-25-21-23-18-8-4-5-9-19(18)26-21)22-17-12-10-16(11-13-17)15-6-2-1-3-7-15/h1-13H,14H2,(H,22,24). The van der Waals surface area contributed by atoms with Crippen LogP contribution in [-0.4, -0.2) is 16.6 Å². The van der Waals surface area contributed by atoms with Crippen LogP contribution in [0.3, 0.4) is 0 Å². The second kappa shape index (κ2) is 7.72. The summed E-state index contributed by atoms with van der Waals surface area (Å²) >= 11 is 3.09. The number of anilines is 1. The molecule has 1 aromatic heterocycles. The van der Waals surface area contributed by atoms with Gasteiger partial charge in [0.2, 0.25) is 5.91 Å². The molecule has 3 nitrogen and oxygen atoms in total. The van der Waals surface area contributed by atoms with Gasteiger partial charge < -0.3 is 5.32 Å². The average molecular weight is 377 g/mol. The second-order valence-corrected chi connectivity index (χ2v) is 7.98. The van der Waals surface area contributed by atoms with Crippen LogP contribution in [0, 0.1) is 0 Å². The van der Waals surface area contributed by atoms with Crippen molar-refractivity contribution in [1.82, 2.24) is 4.98 Å². The number of nitrogens with zero attached hydrogens (tertiary/aromatic N) is 1. The van der Waals surface area contributed by atoms with Gasteiger partial charge in [-0.25, -0.2) is 4.98 Å². The maximum atomic E-state index is 12.2. The topological polar surface area (TPSA) is 42.0 Å². The Morgan fingerprint density at radius 2 is 1.58 bits per heavy atom. The minimum Gasteiger partial charge on any atom is -0.325 e. The van der Waals surface area contributed by atoms with Crippen LogP contribution in [0.1, 0.15) is 0 Å². The summed E-state index contributed by atoms with van der Waals surface area (Å²) in [5.41, 5.74) is 4.08. The summed E-state index contributed by atoms with van der Waals surface area (Å²) in [6.45, 7) is 0. The first-order chi connectivity index (χ1) is 12.8. The van der Waals surface area contributed by atoms with Gasteiger partial charge in [-0.15, -0.1) is 11.3 Å². The van der Waals surface area contributed by atoms with E-state index in [2.05, 4.69) is 22.4 Å². The average Bonchev–Trinajstić information content (AvgIpc) is 3.11. The molecule has 1 N–H and O–H groups in total. The number of hydrogen-bond acceptors (Lipinski definition) is 4. The summed E-state index contributed by atoms with van der Waals surface area (Å²) in [4.78, 5) is 16.7. The molecule has 0 saturated carbocycles. The zero-order valence-electron chi connectivity index (χ0n) is 13.9. The van der Waals surface area contributed by atoms with E-state index in [1.165, 1.54) is 11.8 Å². The van der Waals surface area contributed by atoms with Gasteiger partial charge in [0.25, 0.3) is 0 Å². The van der Waals surface area contributed by atoms with Crippen LogP contribution in [0.15, 0.2) is 83.2 Å². The Kier molecular flexibility index (Phi) is 5.00. The van der Waals surface area contributed by atoms with Crippen LogP contribution < -0.4 is 5.32 Å². The maximum absolute atomic E-state index is 12.2. The first-order valence-electron chi connectivity index (χ1n) is 8.22. The van der Waals surface area contributed by atoms with Crippen LogP contribution in [-0.2, 0) is 4.79 Å². The number of carbonyl (C=O) groups excluding carboxylic acids is 1. The van der Waals surface area contributed by atoms with Gasteiger partial charge in [0.1, 0.15) is 0 Å². The number of aromatic nitrogens is 1. The van der Waals surface area contributed by atoms with Crippen molar-refractivity contribution in [2.75, 3.05) is 11.1 Å². The van der Waals surface area contributed by atoms with Crippen molar-refractivity contribution >= 4 is 44.9 Å². The molecule has 0 saturated heterocycles. The third kappa shape index (κ3) is 3.95. The number of rotatable bonds is 5. The second-order valence-electron chi connectivity index (χ2n) is 5.73. The predicted octanol–water partition coefficient (Wildman–Crippen LogP) is 5.69. The molecule has 26 heavy (non-hydrogen) atoms. The molecule has 0 fully saturated rings. The number of carbonyl (C=O) groups is 1. The van der Waals surface area contributed by atoms with E-state index in [0.29, 0.717) is 5.75 Å². The zero-order valence-corrected chi connectivity index (χ0v) is 15.5. The van der Waals surface area contributed by atoms with Crippen LogP contribution >= 0.6 is 23.1 Å². The van der Waals surface area contributed by atoms with E-state index in [1.807, 2.05) is 66.7 Å². The number of para-hydroxylation sites is 1. The fourth-order valence-electron chi connectivity index (χ4n) is 2.61. The summed E-state index contributed by atoms with van der Waals surface area (Å²) in [5.74, 6) is 0.321. The lowest BCUT2D eigenvalue weighted by Gasteiger charge is -2.06. The number of fused-ring (bicyclic) bond motifs is 1. The van der Waals surface area contributed by atoms with E-state index in [1.54, 1.807) is 11.3 Å². The van der Waals surface area contributed by atoms with Gasteiger partial charge in [0.05, 0.1) is 16.0 Å². The quantitative estimate of drug-likeness (QED) is 0.455. The fourth-order valence-corrected chi connectivity index (χ4v) is 4.48. The molecule has 3 aromatic carbocycles. The lowest BCUT2D eigenvalue weighted by molar-refractivity contribution is -0.113. The van der Waals surface area contributed by atoms with Crippen molar-refractivity contribution in [1.29, 1.82) is 0 Å². The Balaban J connectivity index is 1.35. The van der Waals surface area contributed by atoms with E-state index in [-0.39, 0.29) is 5.91 Å². The Labute approximate surface area is 160 Å². The Morgan fingerprint density at radius 1 is 0.885 bits per heavy atom. The molecule has 1 heterocycles. The largest absolute Gasteiger partial charge is 0.325 e. The molecule has 0 aliphatic heterocycles. The molecule has 4 aromatic rings. The third-order valence-corrected chi connectivity index (χ3v) is 6.06. The monoisotopic (exact) mass is 376 g/mol. The molecular formula is C21H16N2OS2. The molecule has 0 aliphatic rings. The summed E-state index contributed by atoms with van der Waals surface area (Å²) in [6, 6.07) is 26.1. The third-order valence-electron chi connectivity index (χ3n) is 3.88. The van der Waals surface area contributed by atoms with Crippen molar-refractivity contribution in [3.63, 3.8) is 0 Å². The molecule has 0 aliphatic carbocycles. The molecule has 0 spiro atoms. The molecule has 0 bridgehead atoms. The molecule has 5 heteroatoms. The van der Waals surface area contributed by atoms with E-state index >= 15 is 0 Å². The first kappa shape index (κ1) is 16.8. The smallest absolute Gasteiger partial charge is 0.234 e. The Bertz CT molecular complexity index is 994. The Hall–Kier alpha value is -2.63. The molecule has 1 amide bonds. The molecule has 0 radical (unpaired) electrons. The predicted molar refractivity (Wildman–Crippen MR) is 111 cm³/mol. The zero-order chi connectivity index (χ0) is 17.8. The number of nitrogens with one attached hydrogen (secondary N) is 1. The van der Waals surface area contributed by atoms with Crippen LogP contribution in [0.4, 0.5) is 5.69 Å². The first-order valence-corrected chi connectivity index (χ1v) is 10.0. The Morgan fingerprint density at radius 3 is 2.35 bits per heavy atom. The van der Waals surface area contributed by atoms with Gasteiger partial charge in [0.15, 0.2) is 4.34 Å². The van der Waals surface area contributed by atoms with Gasteiger partial charge >= 0.3 is 0 Å². The van der Waals surface area contributed by atoms with Gasteiger partial charge in [-0.2, -0.15) is 0 Å². The summed E-state index contributed by atoms with van der Waals surface area (Å²) in [6.07, 6.45) is 0. The van der Waals surface area contributed by atoms with Gasteiger partial charge in [-0.1, -0.05) is 66.4 Å². The maximum Gasteiger partial charge on any atom is 0.234 e. The number of thiazole rings is 1. The minimum atomic E-state index is -0.0262. The highest BCUT2D eigenvalue weighted by Gasteiger charge is 2.08. The van der Waals surface area contributed by atoms with Crippen molar-refractivity contribution in [3.05, 3.63) is 78.9 Å². The lowest BCUT2D eigenvalue weighted by Crippen LogP contribution is -2.13. The van der Waals surface area contributed by atoms with Gasteiger partial charge in [-0.05, 0) is 35.4 Å². The summed E-state index contributed by atoms with van der Waals surface area (Å²) in [7, 11) is 0. The molecule has 0 unspecified atom stereocenters. The van der Waals surface area contributed by atoms with Crippen molar-refractivity contribution in [2.24, 2.45) is 0 Å². The van der Waals surface area contributed by atoms with Crippen molar-refractivity contribution in [2.45, 2.75) is 4.34 Å². The van der Waals surface area contributed by atoms with Crippen molar-refractivity contribution < 1.29 is 4.79 Å².